The van der Waals surface area contributed by atoms with Gasteiger partial charge in [0.2, 0.25) is 10.0 Å². The molecule has 0 saturated heterocycles. The summed E-state index contributed by atoms with van der Waals surface area (Å²) in [6.07, 6.45) is 1.65. The minimum Gasteiger partial charge on any atom is -0.326 e. The van der Waals surface area contributed by atoms with E-state index in [2.05, 4.69) is 9.71 Å². The lowest BCUT2D eigenvalue weighted by Gasteiger charge is -2.07. The normalized spacial score (nSPS) is 11.8. The predicted molar refractivity (Wildman–Crippen MR) is 79.9 cm³/mol. The van der Waals surface area contributed by atoms with Crippen molar-refractivity contribution in [2.45, 2.75) is 31.8 Å². The molecule has 0 aliphatic rings. The predicted octanol–water partition coefficient (Wildman–Crippen LogP) is 1.70. The van der Waals surface area contributed by atoms with Gasteiger partial charge in [0.1, 0.15) is 0 Å². The molecule has 20 heavy (non-hydrogen) atoms. The van der Waals surface area contributed by atoms with Crippen LogP contribution in [0.2, 0.25) is 0 Å². The van der Waals surface area contributed by atoms with Crippen molar-refractivity contribution >= 4 is 21.4 Å². The van der Waals surface area contributed by atoms with Crippen LogP contribution in [0, 0.1) is 13.8 Å². The second kappa shape index (κ2) is 6.01. The third kappa shape index (κ3) is 3.24. The molecule has 108 valence electrons. The lowest BCUT2D eigenvalue weighted by atomic mass is 10.2. The number of hydrogen-bond acceptors (Lipinski definition) is 5. The first kappa shape index (κ1) is 15.1. The fourth-order valence-corrected chi connectivity index (χ4v) is 4.34. The van der Waals surface area contributed by atoms with Gasteiger partial charge >= 0.3 is 0 Å². The van der Waals surface area contributed by atoms with E-state index in [9.17, 15) is 8.42 Å². The molecule has 2 heterocycles. The summed E-state index contributed by atoms with van der Waals surface area (Å²) >= 11 is 1.41. The summed E-state index contributed by atoms with van der Waals surface area (Å²) in [5, 5.41) is 0. The number of sulfonamides is 1. The van der Waals surface area contributed by atoms with Crippen LogP contribution in [0.25, 0.3) is 0 Å². The Kier molecular flexibility index (Phi) is 4.54. The number of pyridine rings is 1. The van der Waals surface area contributed by atoms with Gasteiger partial charge in [0.25, 0.3) is 0 Å². The number of nitrogens with one attached hydrogen (secondary N) is 1. The van der Waals surface area contributed by atoms with Crippen molar-refractivity contribution in [1.82, 2.24) is 9.71 Å². The molecule has 0 amide bonds. The molecule has 2 aromatic heterocycles. The average Bonchev–Trinajstić information content (AvgIpc) is 2.80. The highest BCUT2D eigenvalue weighted by Gasteiger charge is 2.19. The third-order valence-electron chi connectivity index (χ3n) is 2.96. The maximum atomic E-state index is 12.3. The number of hydrogen-bond donors (Lipinski definition) is 2. The van der Waals surface area contributed by atoms with Gasteiger partial charge in [0.05, 0.1) is 17.1 Å². The first-order chi connectivity index (χ1) is 9.44. The second-order valence-electron chi connectivity index (χ2n) is 4.43. The summed E-state index contributed by atoms with van der Waals surface area (Å²) in [6, 6.07) is 5.36. The molecule has 0 radical (unpaired) electrons. The quantitative estimate of drug-likeness (QED) is 0.880. The molecule has 0 saturated carbocycles. The Bertz CT molecular complexity index is 708. The van der Waals surface area contributed by atoms with Gasteiger partial charge in [-0.25, -0.2) is 13.1 Å². The average molecular weight is 311 g/mol. The van der Waals surface area contributed by atoms with Crippen LogP contribution in [0.1, 0.15) is 21.0 Å². The zero-order valence-electron chi connectivity index (χ0n) is 11.4. The van der Waals surface area contributed by atoms with Crippen LogP contribution >= 0.6 is 11.3 Å². The van der Waals surface area contributed by atoms with Gasteiger partial charge in [-0.2, -0.15) is 0 Å². The van der Waals surface area contributed by atoms with Gasteiger partial charge in [-0.15, -0.1) is 11.3 Å². The molecule has 0 aromatic carbocycles. The molecule has 0 unspecified atom stereocenters. The minimum atomic E-state index is -3.53. The largest absolute Gasteiger partial charge is 0.326 e. The SMILES string of the molecule is Cc1cccnc1CNS(=O)(=O)c1cc(CN)sc1C. The van der Waals surface area contributed by atoms with E-state index >= 15 is 0 Å². The van der Waals surface area contributed by atoms with Crippen molar-refractivity contribution in [2.75, 3.05) is 0 Å². The Balaban J connectivity index is 2.19. The number of nitrogens with two attached hydrogens (primary N) is 1. The molecule has 5 nitrogen and oxygen atoms in total. The molecular formula is C13H17N3O2S2. The zero-order valence-corrected chi connectivity index (χ0v) is 13.0. The van der Waals surface area contributed by atoms with Crippen LogP contribution in [-0.4, -0.2) is 13.4 Å². The summed E-state index contributed by atoms with van der Waals surface area (Å²) in [5.74, 6) is 0. The Morgan fingerprint density at radius 2 is 2.15 bits per heavy atom. The summed E-state index contributed by atoms with van der Waals surface area (Å²) < 4.78 is 27.2. The van der Waals surface area contributed by atoms with E-state index in [0.29, 0.717) is 11.4 Å². The van der Waals surface area contributed by atoms with Crippen LogP contribution in [0.5, 0.6) is 0 Å². The van der Waals surface area contributed by atoms with Crippen molar-refractivity contribution in [3.8, 4) is 0 Å². The number of rotatable bonds is 5. The zero-order chi connectivity index (χ0) is 14.8. The summed E-state index contributed by atoms with van der Waals surface area (Å²) in [4.78, 5) is 6.08. The van der Waals surface area contributed by atoms with Gasteiger partial charge in [-0.05, 0) is 31.5 Å². The molecule has 0 bridgehead atoms. The first-order valence-electron chi connectivity index (χ1n) is 6.13. The molecule has 7 heteroatoms. The van der Waals surface area contributed by atoms with Crippen molar-refractivity contribution < 1.29 is 8.42 Å². The van der Waals surface area contributed by atoms with E-state index in [4.69, 9.17) is 5.73 Å². The van der Waals surface area contributed by atoms with E-state index in [0.717, 1.165) is 21.0 Å². The number of nitrogens with zero attached hydrogens (tertiary/aromatic N) is 1. The topological polar surface area (TPSA) is 85.1 Å². The number of thiophene rings is 1. The van der Waals surface area contributed by atoms with Crippen molar-refractivity contribution in [2.24, 2.45) is 5.73 Å². The number of aromatic nitrogens is 1. The van der Waals surface area contributed by atoms with E-state index < -0.39 is 10.0 Å². The van der Waals surface area contributed by atoms with Crippen LogP contribution in [-0.2, 0) is 23.1 Å². The molecule has 0 spiro atoms. The lowest BCUT2D eigenvalue weighted by Crippen LogP contribution is -2.24. The monoisotopic (exact) mass is 311 g/mol. The molecule has 2 rings (SSSR count). The van der Waals surface area contributed by atoms with Crippen LogP contribution < -0.4 is 10.5 Å². The Hall–Kier alpha value is -1.28. The van der Waals surface area contributed by atoms with Crippen LogP contribution in [0.4, 0.5) is 0 Å². The van der Waals surface area contributed by atoms with E-state index in [-0.39, 0.29) is 6.54 Å². The highest BCUT2D eigenvalue weighted by molar-refractivity contribution is 7.89. The third-order valence-corrected chi connectivity index (χ3v) is 5.69. The molecule has 0 atom stereocenters. The van der Waals surface area contributed by atoms with Gasteiger partial charge in [-0.3, -0.25) is 4.98 Å². The van der Waals surface area contributed by atoms with Crippen LogP contribution in [0.15, 0.2) is 29.3 Å². The molecular weight excluding hydrogens is 294 g/mol. The smallest absolute Gasteiger partial charge is 0.242 e. The van der Waals surface area contributed by atoms with Gasteiger partial charge in [0.15, 0.2) is 0 Å². The fraction of sp³-hybridized carbons (Fsp3) is 0.308. The van der Waals surface area contributed by atoms with E-state index in [1.54, 1.807) is 19.2 Å². The minimum absolute atomic E-state index is 0.183. The summed E-state index contributed by atoms with van der Waals surface area (Å²) in [6.45, 7) is 4.21. The second-order valence-corrected chi connectivity index (χ2v) is 7.51. The maximum absolute atomic E-state index is 12.3. The molecule has 3 N–H and O–H groups in total. The van der Waals surface area contributed by atoms with E-state index in [1.807, 2.05) is 19.1 Å². The molecule has 0 aliphatic heterocycles. The molecule has 0 aliphatic carbocycles. The standard InChI is InChI=1S/C13H17N3O2S2/c1-9-4-3-5-15-12(9)8-16-20(17,18)13-6-11(7-14)19-10(13)2/h3-6,16H,7-8,14H2,1-2H3. The summed E-state index contributed by atoms with van der Waals surface area (Å²) in [5.41, 5.74) is 7.23. The number of aryl methyl sites for hydroxylation is 2. The molecule has 2 aromatic rings. The van der Waals surface area contributed by atoms with Crippen molar-refractivity contribution in [1.29, 1.82) is 0 Å². The lowest BCUT2D eigenvalue weighted by molar-refractivity contribution is 0.580. The van der Waals surface area contributed by atoms with Gasteiger partial charge in [-0.1, -0.05) is 6.07 Å². The van der Waals surface area contributed by atoms with Crippen LogP contribution in [0.3, 0.4) is 0 Å². The first-order valence-corrected chi connectivity index (χ1v) is 8.43. The van der Waals surface area contributed by atoms with Gasteiger partial charge < -0.3 is 5.73 Å². The Morgan fingerprint density at radius 3 is 2.75 bits per heavy atom. The fourth-order valence-electron chi connectivity index (χ4n) is 1.84. The highest BCUT2D eigenvalue weighted by atomic mass is 32.2. The molecule has 0 fully saturated rings. The van der Waals surface area contributed by atoms with E-state index in [1.165, 1.54) is 11.3 Å². The maximum Gasteiger partial charge on any atom is 0.242 e. The highest BCUT2D eigenvalue weighted by Crippen LogP contribution is 2.25. The van der Waals surface area contributed by atoms with Crippen molar-refractivity contribution in [3.63, 3.8) is 0 Å². The Labute approximate surface area is 122 Å². The van der Waals surface area contributed by atoms with Gasteiger partial charge in [0, 0.05) is 22.5 Å². The van der Waals surface area contributed by atoms with Crippen molar-refractivity contribution in [3.05, 3.63) is 45.4 Å². The Morgan fingerprint density at radius 1 is 1.40 bits per heavy atom. The summed E-state index contributed by atoms with van der Waals surface area (Å²) in [7, 11) is -3.53.